The summed E-state index contributed by atoms with van der Waals surface area (Å²) in [6.07, 6.45) is 0. The van der Waals surface area contributed by atoms with Gasteiger partial charge < -0.3 is 14.8 Å². The quantitative estimate of drug-likeness (QED) is 0.751. The first-order valence-corrected chi connectivity index (χ1v) is 11.3. The number of sulfonamides is 1. The Kier molecular flexibility index (Phi) is 5.88. The van der Waals surface area contributed by atoms with Gasteiger partial charge in [0.2, 0.25) is 22.7 Å². The number of rotatable bonds is 5. The molecule has 1 N–H and O–H groups in total. The van der Waals surface area contributed by atoms with E-state index in [0.29, 0.717) is 38.4 Å². The van der Waals surface area contributed by atoms with Gasteiger partial charge in [0.25, 0.3) is 0 Å². The van der Waals surface area contributed by atoms with Gasteiger partial charge >= 0.3 is 0 Å². The number of fused-ring (bicyclic) bond motifs is 1. The SMILES string of the molecule is CC(=O)Nc1ccc(S(=O)(=O)N2CCN(Cc3ccc4c(c3)OCO4)CC2)cc1Cl. The minimum Gasteiger partial charge on any atom is -0.454 e. The number of nitrogens with zero attached hydrogens (tertiary/aromatic N) is 2. The molecule has 160 valence electrons. The summed E-state index contributed by atoms with van der Waals surface area (Å²) in [6, 6.07) is 10.2. The van der Waals surface area contributed by atoms with Crippen molar-refractivity contribution < 1.29 is 22.7 Å². The standard InChI is InChI=1S/C20H22ClN3O5S/c1-14(25)22-18-4-3-16(11-17(18)21)30(26,27)24-8-6-23(7-9-24)12-15-2-5-19-20(10-15)29-13-28-19/h2-5,10-11H,6-9,12-13H2,1H3,(H,22,25). The van der Waals surface area contributed by atoms with Gasteiger partial charge in [0.15, 0.2) is 11.5 Å². The Morgan fingerprint density at radius 2 is 1.80 bits per heavy atom. The Morgan fingerprint density at radius 3 is 2.50 bits per heavy atom. The lowest BCUT2D eigenvalue weighted by Gasteiger charge is -2.34. The fraction of sp³-hybridized carbons (Fsp3) is 0.350. The molecule has 0 saturated carbocycles. The highest BCUT2D eigenvalue weighted by molar-refractivity contribution is 7.89. The van der Waals surface area contributed by atoms with Gasteiger partial charge in [-0.1, -0.05) is 17.7 Å². The van der Waals surface area contributed by atoms with Crippen LogP contribution in [0.25, 0.3) is 0 Å². The number of nitrogens with one attached hydrogen (secondary N) is 1. The summed E-state index contributed by atoms with van der Waals surface area (Å²) >= 11 is 6.15. The van der Waals surface area contributed by atoms with Gasteiger partial charge in [-0.3, -0.25) is 9.69 Å². The molecule has 0 aromatic heterocycles. The lowest BCUT2D eigenvalue weighted by molar-refractivity contribution is -0.114. The first kappa shape index (κ1) is 20.9. The van der Waals surface area contributed by atoms with E-state index in [1.165, 1.54) is 29.4 Å². The second-order valence-electron chi connectivity index (χ2n) is 7.19. The molecular formula is C20H22ClN3O5S. The molecule has 1 saturated heterocycles. The smallest absolute Gasteiger partial charge is 0.243 e. The predicted molar refractivity (Wildman–Crippen MR) is 112 cm³/mol. The van der Waals surface area contributed by atoms with E-state index in [2.05, 4.69) is 10.2 Å². The molecule has 2 aromatic rings. The van der Waals surface area contributed by atoms with E-state index < -0.39 is 10.0 Å². The molecule has 2 aliphatic heterocycles. The molecule has 0 spiro atoms. The average molecular weight is 452 g/mol. The molecule has 0 bridgehead atoms. The zero-order valence-corrected chi connectivity index (χ0v) is 18.0. The molecular weight excluding hydrogens is 430 g/mol. The molecule has 2 heterocycles. The Labute approximate surface area is 180 Å². The number of carbonyl (C=O) groups is 1. The van der Waals surface area contributed by atoms with E-state index >= 15 is 0 Å². The lowest BCUT2D eigenvalue weighted by Crippen LogP contribution is -2.48. The van der Waals surface area contributed by atoms with Crippen LogP contribution in [-0.2, 0) is 21.4 Å². The van der Waals surface area contributed by atoms with Crippen LogP contribution >= 0.6 is 11.6 Å². The fourth-order valence-corrected chi connectivity index (χ4v) is 5.26. The van der Waals surface area contributed by atoms with E-state index in [1.807, 2.05) is 18.2 Å². The van der Waals surface area contributed by atoms with Crippen molar-refractivity contribution in [2.75, 3.05) is 38.3 Å². The maximum absolute atomic E-state index is 13.0. The largest absolute Gasteiger partial charge is 0.454 e. The van der Waals surface area contributed by atoms with Crippen LogP contribution in [0.4, 0.5) is 5.69 Å². The molecule has 2 aliphatic rings. The minimum atomic E-state index is -3.66. The van der Waals surface area contributed by atoms with Crippen molar-refractivity contribution in [2.45, 2.75) is 18.4 Å². The molecule has 30 heavy (non-hydrogen) atoms. The number of amides is 1. The number of halogens is 1. The third-order valence-corrected chi connectivity index (χ3v) is 7.27. The summed E-state index contributed by atoms with van der Waals surface area (Å²) in [6.45, 7) is 4.32. The van der Waals surface area contributed by atoms with Crippen LogP contribution < -0.4 is 14.8 Å². The molecule has 0 unspecified atom stereocenters. The topological polar surface area (TPSA) is 88.2 Å². The zero-order valence-electron chi connectivity index (χ0n) is 16.4. The minimum absolute atomic E-state index is 0.117. The van der Waals surface area contributed by atoms with Crippen molar-refractivity contribution >= 4 is 33.2 Å². The van der Waals surface area contributed by atoms with Crippen LogP contribution in [0.1, 0.15) is 12.5 Å². The average Bonchev–Trinajstić information content (AvgIpc) is 3.17. The molecule has 2 aromatic carbocycles. The predicted octanol–water partition coefficient (Wildman–Crippen LogP) is 2.53. The van der Waals surface area contributed by atoms with Gasteiger partial charge in [0, 0.05) is 39.6 Å². The van der Waals surface area contributed by atoms with Crippen molar-refractivity contribution in [2.24, 2.45) is 0 Å². The van der Waals surface area contributed by atoms with Crippen molar-refractivity contribution in [3.8, 4) is 11.5 Å². The number of anilines is 1. The Bertz CT molecular complexity index is 1070. The van der Waals surface area contributed by atoms with Crippen molar-refractivity contribution in [1.29, 1.82) is 0 Å². The number of ether oxygens (including phenoxy) is 2. The van der Waals surface area contributed by atoms with E-state index in [0.717, 1.165) is 17.1 Å². The highest BCUT2D eigenvalue weighted by atomic mass is 35.5. The molecule has 0 aliphatic carbocycles. The second kappa shape index (κ2) is 8.43. The van der Waals surface area contributed by atoms with E-state index in [1.54, 1.807) is 0 Å². The summed E-state index contributed by atoms with van der Waals surface area (Å²) in [4.78, 5) is 13.5. The van der Waals surface area contributed by atoms with Crippen LogP contribution in [0.2, 0.25) is 5.02 Å². The summed E-state index contributed by atoms with van der Waals surface area (Å²) < 4.78 is 38.2. The van der Waals surface area contributed by atoms with Gasteiger partial charge in [-0.15, -0.1) is 0 Å². The molecule has 1 fully saturated rings. The highest BCUT2D eigenvalue weighted by Gasteiger charge is 2.29. The van der Waals surface area contributed by atoms with Crippen molar-refractivity contribution in [1.82, 2.24) is 9.21 Å². The summed E-state index contributed by atoms with van der Waals surface area (Å²) in [7, 11) is -3.66. The van der Waals surface area contributed by atoms with Gasteiger partial charge in [-0.25, -0.2) is 8.42 Å². The Hall–Kier alpha value is -2.33. The zero-order chi connectivity index (χ0) is 21.3. The number of piperazine rings is 1. The highest BCUT2D eigenvalue weighted by Crippen LogP contribution is 2.33. The third-order valence-electron chi connectivity index (χ3n) is 5.06. The van der Waals surface area contributed by atoms with Crippen LogP contribution in [0.15, 0.2) is 41.3 Å². The first-order valence-electron chi connectivity index (χ1n) is 9.51. The summed E-state index contributed by atoms with van der Waals surface area (Å²) in [5.41, 5.74) is 1.48. The number of hydrogen-bond acceptors (Lipinski definition) is 6. The summed E-state index contributed by atoms with van der Waals surface area (Å²) in [5.74, 6) is 1.22. The van der Waals surface area contributed by atoms with Crippen LogP contribution in [-0.4, -0.2) is 56.5 Å². The maximum atomic E-state index is 13.0. The van der Waals surface area contributed by atoms with Crippen molar-refractivity contribution in [3.63, 3.8) is 0 Å². The third kappa shape index (κ3) is 4.39. The molecule has 8 nitrogen and oxygen atoms in total. The Morgan fingerprint density at radius 1 is 1.07 bits per heavy atom. The normalized spacial score (nSPS) is 17.1. The van der Waals surface area contributed by atoms with Gasteiger partial charge in [0.1, 0.15) is 0 Å². The number of benzene rings is 2. The molecule has 0 atom stereocenters. The Balaban J connectivity index is 1.39. The lowest BCUT2D eigenvalue weighted by atomic mass is 10.2. The number of carbonyl (C=O) groups excluding carboxylic acids is 1. The first-order chi connectivity index (χ1) is 14.3. The molecule has 10 heteroatoms. The fourth-order valence-electron chi connectivity index (χ4n) is 3.52. The number of hydrogen-bond donors (Lipinski definition) is 1. The van der Waals surface area contributed by atoms with Gasteiger partial charge in [0.05, 0.1) is 15.6 Å². The van der Waals surface area contributed by atoms with E-state index in [9.17, 15) is 13.2 Å². The van der Waals surface area contributed by atoms with Gasteiger partial charge in [-0.05, 0) is 35.9 Å². The second-order valence-corrected chi connectivity index (χ2v) is 9.54. The molecule has 0 radical (unpaired) electrons. The van der Waals surface area contributed by atoms with Crippen molar-refractivity contribution in [3.05, 3.63) is 47.0 Å². The van der Waals surface area contributed by atoms with Crippen LogP contribution in [0.5, 0.6) is 11.5 Å². The molecule has 1 amide bonds. The molecule has 4 rings (SSSR count). The monoisotopic (exact) mass is 451 g/mol. The van der Waals surface area contributed by atoms with E-state index in [-0.39, 0.29) is 22.6 Å². The van der Waals surface area contributed by atoms with Crippen LogP contribution in [0.3, 0.4) is 0 Å². The maximum Gasteiger partial charge on any atom is 0.243 e. The van der Waals surface area contributed by atoms with Gasteiger partial charge in [-0.2, -0.15) is 4.31 Å². The van der Waals surface area contributed by atoms with E-state index in [4.69, 9.17) is 21.1 Å². The summed E-state index contributed by atoms with van der Waals surface area (Å²) in [5, 5.41) is 2.76. The van der Waals surface area contributed by atoms with Crippen LogP contribution in [0, 0.1) is 0 Å².